The monoisotopic (exact) mass is 323 g/mol. The third-order valence-corrected chi connectivity index (χ3v) is 2.34. The molecule has 0 radical (unpaired) electrons. The highest BCUT2D eigenvalue weighted by molar-refractivity contribution is 9.10. The Balaban J connectivity index is 3.14. The largest absolute Gasteiger partial charge is 0.494 e. The molecule has 76 valence electrons. The van der Waals surface area contributed by atoms with Gasteiger partial charge in [-0.3, -0.25) is 4.79 Å². The van der Waals surface area contributed by atoms with Gasteiger partial charge in [-0.15, -0.1) is 0 Å². The molecule has 0 bridgehead atoms. The number of Topliss-reactive ketones (excluding diaryl/α,β-unsaturated/α-hetero) is 1. The Morgan fingerprint density at radius 1 is 1.71 bits per heavy atom. The lowest BCUT2D eigenvalue weighted by molar-refractivity contribution is 0.0866. The number of ketones is 1. The summed E-state index contributed by atoms with van der Waals surface area (Å²) in [5.41, 5.74) is 0.0973. The van der Waals surface area contributed by atoms with Crippen molar-refractivity contribution in [3.8, 4) is 5.75 Å². The Morgan fingerprint density at radius 3 is 2.86 bits per heavy atom. The Hall–Kier alpha value is -0.460. The summed E-state index contributed by atoms with van der Waals surface area (Å²) in [4.78, 5) is 15.2. The zero-order valence-electron chi connectivity index (χ0n) is 7.20. The molecule has 0 aliphatic rings. The first-order valence-electron chi connectivity index (χ1n) is 3.62. The molecule has 1 aromatic rings. The van der Waals surface area contributed by atoms with E-state index in [-0.39, 0.29) is 5.69 Å². The molecule has 0 aliphatic carbocycles. The standard InChI is InChI=1S/C8H7Br2NO3/c1-14-5-2-4(9)3-11-6(5)7(12)8(10)13/h2-3,8,13H,1H3. The first-order chi connectivity index (χ1) is 6.56. The smallest absolute Gasteiger partial charge is 0.224 e. The number of hydrogen-bond acceptors (Lipinski definition) is 4. The number of aliphatic hydroxyl groups is 1. The third-order valence-electron chi connectivity index (χ3n) is 1.49. The van der Waals surface area contributed by atoms with Gasteiger partial charge in [0.25, 0.3) is 0 Å². The van der Waals surface area contributed by atoms with E-state index in [4.69, 9.17) is 9.84 Å². The van der Waals surface area contributed by atoms with Gasteiger partial charge in [-0.25, -0.2) is 4.98 Å². The number of nitrogens with zero attached hydrogens (tertiary/aromatic N) is 1. The Bertz CT molecular complexity index is 354. The number of carbonyl (C=O) groups is 1. The van der Waals surface area contributed by atoms with E-state index in [1.165, 1.54) is 13.3 Å². The molecule has 14 heavy (non-hydrogen) atoms. The number of rotatable bonds is 3. The molecule has 0 amide bonds. The highest BCUT2D eigenvalue weighted by Gasteiger charge is 2.19. The molecule has 0 aromatic carbocycles. The van der Waals surface area contributed by atoms with Crippen molar-refractivity contribution in [1.82, 2.24) is 4.98 Å². The SMILES string of the molecule is COc1cc(Br)cnc1C(=O)C(O)Br. The summed E-state index contributed by atoms with van der Waals surface area (Å²) < 4.78 is 5.66. The summed E-state index contributed by atoms with van der Waals surface area (Å²) in [5.74, 6) is -0.211. The Morgan fingerprint density at radius 2 is 2.36 bits per heavy atom. The van der Waals surface area contributed by atoms with E-state index >= 15 is 0 Å². The summed E-state index contributed by atoms with van der Waals surface area (Å²) in [5, 5.41) is 7.76. The molecule has 1 rings (SSSR count). The van der Waals surface area contributed by atoms with Gasteiger partial charge < -0.3 is 9.84 Å². The van der Waals surface area contributed by atoms with Crippen molar-refractivity contribution in [2.45, 2.75) is 5.01 Å². The lowest BCUT2D eigenvalue weighted by Gasteiger charge is -2.07. The normalized spacial score (nSPS) is 12.3. The summed E-state index contributed by atoms with van der Waals surface area (Å²) in [6, 6.07) is 1.61. The first-order valence-corrected chi connectivity index (χ1v) is 5.33. The maximum Gasteiger partial charge on any atom is 0.224 e. The Labute approximate surface area is 97.6 Å². The number of alkyl halides is 1. The number of methoxy groups -OCH3 is 1. The second kappa shape index (κ2) is 4.86. The topological polar surface area (TPSA) is 59.4 Å². The zero-order valence-corrected chi connectivity index (χ0v) is 10.4. The van der Waals surface area contributed by atoms with Gasteiger partial charge in [0.2, 0.25) is 5.78 Å². The van der Waals surface area contributed by atoms with Gasteiger partial charge in [0, 0.05) is 10.7 Å². The number of halogens is 2. The summed E-state index contributed by atoms with van der Waals surface area (Å²) in [6.07, 6.45) is 1.46. The number of ether oxygens (including phenoxy) is 1. The van der Waals surface area contributed by atoms with Crippen molar-refractivity contribution < 1.29 is 14.6 Å². The van der Waals surface area contributed by atoms with E-state index in [0.717, 1.165) is 0 Å². The van der Waals surface area contributed by atoms with E-state index in [9.17, 15) is 4.79 Å². The second-order valence-corrected chi connectivity index (χ2v) is 4.19. The molecule has 6 heteroatoms. The van der Waals surface area contributed by atoms with Crippen LogP contribution in [-0.4, -0.2) is 28.0 Å². The fraction of sp³-hybridized carbons (Fsp3) is 0.250. The molecular formula is C8H7Br2NO3. The minimum absolute atomic E-state index is 0.0973. The van der Waals surface area contributed by atoms with Crippen molar-refractivity contribution in [2.75, 3.05) is 7.11 Å². The molecule has 1 aromatic heterocycles. The van der Waals surface area contributed by atoms with Gasteiger partial charge in [0.15, 0.2) is 10.7 Å². The Kier molecular flexibility index (Phi) is 4.03. The van der Waals surface area contributed by atoms with Crippen LogP contribution in [-0.2, 0) is 0 Å². The lowest BCUT2D eigenvalue weighted by atomic mass is 10.2. The van der Waals surface area contributed by atoms with Crippen molar-refractivity contribution >= 4 is 37.6 Å². The summed E-state index contributed by atoms with van der Waals surface area (Å²) in [6.45, 7) is 0. The van der Waals surface area contributed by atoms with Crippen LogP contribution in [0.4, 0.5) is 0 Å². The van der Waals surface area contributed by atoms with Gasteiger partial charge in [0.05, 0.1) is 7.11 Å². The average Bonchev–Trinajstić information content (AvgIpc) is 2.16. The van der Waals surface area contributed by atoms with Crippen molar-refractivity contribution in [3.05, 3.63) is 22.4 Å². The van der Waals surface area contributed by atoms with Crippen LogP contribution in [0.5, 0.6) is 5.75 Å². The second-order valence-electron chi connectivity index (χ2n) is 2.40. The quantitative estimate of drug-likeness (QED) is 0.679. The van der Waals surface area contributed by atoms with Gasteiger partial charge in [-0.2, -0.15) is 0 Å². The third kappa shape index (κ3) is 2.52. The van der Waals surface area contributed by atoms with Crippen LogP contribution in [0.1, 0.15) is 10.5 Å². The summed E-state index contributed by atoms with van der Waals surface area (Å²) in [7, 11) is 1.43. The average molecular weight is 325 g/mol. The van der Waals surface area contributed by atoms with Crippen LogP contribution in [0.3, 0.4) is 0 Å². The van der Waals surface area contributed by atoms with Gasteiger partial charge >= 0.3 is 0 Å². The fourth-order valence-corrected chi connectivity index (χ4v) is 1.40. The van der Waals surface area contributed by atoms with Crippen molar-refractivity contribution in [1.29, 1.82) is 0 Å². The van der Waals surface area contributed by atoms with Crippen LogP contribution in [0.2, 0.25) is 0 Å². The van der Waals surface area contributed by atoms with E-state index in [0.29, 0.717) is 10.2 Å². The van der Waals surface area contributed by atoms with E-state index in [2.05, 4.69) is 36.8 Å². The van der Waals surface area contributed by atoms with Gasteiger partial charge in [0.1, 0.15) is 5.75 Å². The molecule has 0 fully saturated rings. The van der Waals surface area contributed by atoms with E-state index in [1.807, 2.05) is 0 Å². The number of carbonyl (C=O) groups excluding carboxylic acids is 1. The number of pyridine rings is 1. The minimum Gasteiger partial charge on any atom is -0.494 e. The van der Waals surface area contributed by atoms with Crippen molar-refractivity contribution in [2.24, 2.45) is 0 Å². The van der Waals surface area contributed by atoms with Crippen LogP contribution < -0.4 is 4.74 Å². The predicted octanol–water partition coefficient (Wildman–Crippen LogP) is 1.75. The van der Waals surface area contributed by atoms with Crippen LogP contribution in [0.15, 0.2) is 16.7 Å². The zero-order chi connectivity index (χ0) is 10.7. The molecule has 0 spiro atoms. The minimum atomic E-state index is -1.26. The molecule has 0 aliphatic heterocycles. The molecule has 1 unspecified atom stereocenters. The van der Waals surface area contributed by atoms with Crippen LogP contribution in [0, 0.1) is 0 Å². The van der Waals surface area contributed by atoms with Gasteiger partial charge in [-0.1, -0.05) is 0 Å². The van der Waals surface area contributed by atoms with Crippen LogP contribution in [0.25, 0.3) is 0 Å². The number of aromatic nitrogens is 1. The molecule has 1 atom stereocenters. The van der Waals surface area contributed by atoms with E-state index < -0.39 is 10.8 Å². The molecule has 4 nitrogen and oxygen atoms in total. The molecular weight excluding hydrogens is 318 g/mol. The lowest BCUT2D eigenvalue weighted by Crippen LogP contribution is -2.15. The molecule has 0 saturated carbocycles. The van der Waals surface area contributed by atoms with Crippen LogP contribution >= 0.6 is 31.9 Å². The van der Waals surface area contributed by atoms with Gasteiger partial charge in [-0.05, 0) is 37.9 Å². The van der Waals surface area contributed by atoms with E-state index in [1.54, 1.807) is 6.07 Å². The first kappa shape index (κ1) is 11.6. The van der Waals surface area contributed by atoms with Crippen molar-refractivity contribution in [3.63, 3.8) is 0 Å². The summed E-state index contributed by atoms with van der Waals surface area (Å²) >= 11 is 5.95. The molecule has 1 N–H and O–H groups in total. The molecule has 0 saturated heterocycles. The number of hydrogen-bond donors (Lipinski definition) is 1. The maximum atomic E-state index is 11.4. The highest BCUT2D eigenvalue weighted by Crippen LogP contribution is 2.22. The fourth-order valence-electron chi connectivity index (χ4n) is 0.874. The highest BCUT2D eigenvalue weighted by atomic mass is 79.9. The molecule has 1 heterocycles. The predicted molar refractivity (Wildman–Crippen MR) is 57.8 cm³/mol. The maximum absolute atomic E-state index is 11.4. The number of aliphatic hydroxyl groups excluding tert-OH is 1.